The van der Waals surface area contributed by atoms with Crippen molar-refractivity contribution in [1.29, 1.82) is 0 Å². The molecule has 0 saturated heterocycles. The van der Waals surface area contributed by atoms with Gasteiger partial charge in [-0.15, -0.1) is 5.10 Å². The van der Waals surface area contributed by atoms with Gasteiger partial charge in [0.05, 0.1) is 12.8 Å². The molecule has 1 unspecified atom stereocenters. The van der Waals surface area contributed by atoms with Gasteiger partial charge in [0.2, 0.25) is 0 Å². The molecule has 0 fully saturated rings. The molecule has 1 atom stereocenters. The van der Waals surface area contributed by atoms with Crippen molar-refractivity contribution in [1.82, 2.24) is 20.3 Å². The molecule has 5 heteroatoms. The second-order valence-corrected chi connectivity index (χ2v) is 5.23. The molecule has 1 aromatic carbocycles. The van der Waals surface area contributed by atoms with Crippen LogP contribution in [0, 0.1) is 0 Å². The van der Waals surface area contributed by atoms with Crippen LogP contribution in [0.25, 0.3) is 0 Å². The van der Waals surface area contributed by atoms with E-state index in [0.717, 1.165) is 37.3 Å². The molecule has 0 aliphatic rings. The number of aromatic nitrogens is 3. The second kappa shape index (κ2) is 7.78. The van der Waals surface area contributed by atoms with E-state index in [2.05, 4.69) is 34.7 Å². The first-order valence-corrected chi connectivity index (χ1v) is 7.42. The Hall–Kier alpha value is -1.88. The fourth-order valence-electron chi connectivity index (χ4n) is 2.44. The normalized spacial score (nSPS) is 12.3. The zero-order chi connectivity index (χ0) is 15.1. The smallest absolute Gasteiger partial charge is 0.118 e. The van der Waals surface area contributed by atoms with E-state index in [9.17, 15) is 0 Å². The summed E-state index contributed by atoms with van der Waals surface area (Å²) in [4.78, 5) is 0. The van der Waals surface area contributed by atoms with Crippen molar-refractivity contribution in [2.75, 3.05) is 13.7 Å². The zero-order valence-electron chi connectivity index (χ0n) is 13.0. The summed E-state index contributed by atoms with van der Waals surface area (Å²) in [6.45, 7) is 3.10. The topological polar surface area (TPSA) is 52.0 Å². The third-order valence-electron chi connectivity index (χ3n) is 3.54. The molecular weight excluding hydrogens is 264 g/mol. The van der Waals surface area contributed by atoms with Gasteiger partial charge in [-0.3, -0.25) is 4.68 Å². The van der Waals surface area contributed by atoms with Gasteiger partial charge in [0.1, 0.15) is 5.75 Å². The maximum atomic E-state index is 5.18. The molecular formula is C16H24N4O. The van der Waals surface area contributed by atoms with E-state index in [4.69, 9.17) is 4.74 Å². The van der Waals surface area contributed by atoms with Gasteiger partial charge in [-0.2, -0.15) is 0 Å². The van der Waals surface area contributed by atoms with Crippen LogP contribution in [0.4, 0.5) is 0 Å². The Morgan fingerprint density at radius 2 is 2.05 bits per heavy atom. The van der Waals surface area contributed by atoms with Crippen molar-refractivity contribution in [2.24, 2.45) is 7.05 Å². The molecule has 0 spiro atoms. The number of methoxy groups -OCH3 is 1. The van der Waals surface area contributed by atoms with Crippen molar-refractivity contribution in [2.45, 2.75) is 32.2 Å². The van der Waals surface area contributed by atoms with Crippen molar-refractivity contribution >= 4 is 0 Å². The molecule has 2 aromatic rings. The van der Waals surface area contributed by atoms with Crippen molar-refractivity contribution in [3.8, 4) is 5.75 Å². The minimum Gasteiger partial charge on any atom is -0.497 e. The summed E-state index contributed by atoms with van der Waals surface area (Å²) in [6, 6.07) is 8.71. The SMILES string of the molecule is CCNC(CCc1ccc(OC)cc1)Cc1cn(C)nn1. The van der Waals surface area contributed by atoms with Gasteiger partial charge in [-0.05, 0) is 37.1 Å². The number of likely N-dealkylation sites (N-methyl/N-ethyl adjacent to an activating group) is 1. The number of rotatable bonds is 8. The van der Waals surface area contributed by atoms with Gasteiger partial charge >= 0.3 is 0 Å². The molecule has 114 valence electrons. The molecule has 5 nitrogen and oxygen atoms in total. The van der Waals surface area contributed by atoms with Crippen LogP contribution in [-0.2, 0) is 19.9 Å². The molecule has 0 bridgehead atoms. The van der Waals surface area contributed by atoms with Gasteiger partial charge in [-0.1, -0.05) is 24.3 Å². The Morgan fingerprint density at radius 1 is 1.29 bits per heavy atom. The molecule has 1 aromatic heterocycles. The molecule has 1 N–H and O–H groups in total. The Labute approximate surface area is 126 Å². The van der Waals surface area contributed by atoms with E-state index in [1.807, 2.05) is 25.4 Å². The Kier molecular flexibility index (Phi) is 5.75. The first kappa shape index (κ1) is 15.5. The maximum Gasteiger partial charge on any atom is 0.118 e. The molecule has 2 rings (SSSR count). The highest BCUT2D eigenvalue weighted by atomic mass is 16.5. The fraction of sp³-hybridized carbons (Fsp3) is 0.500. The van der Waals surface area contributed by atoms with Crippen molar-refractivity contribution < 1.29 is 4.74 Å². The maximum absolute atomic E-state index is 5.18. The third kappa shape index (κ3) is 4.86. The van der Waals surface area contributed by atoms with Gasteiger partial charge in [-0.25, -0.2) is 0 Å². The van der Waals surface area contributed by atoms with Crippen molar-refractivity contribution in [3.05, 3.63) is 41.7 Å². The minimum atomic E-state index is 0.425. The lowest BCUT2D eigenvalue weighted by molar-refractivity contribution is 0.414. The van der Waals surface area contributed by atoms with E-state index in [1.165, 1.54) is 5.56 Å². The zero-order valence-corrected chi connectivity index (χ0v) is 13.0. The van der Waals surface area contributed by atoms with E-state index in [-0.39, 0.29) is 0 Å². The van der Waals surface area contributed by atoms with Crippen molar-refractivity contribution in [3.63, 3.8) is 0 Å². The van der Waals surface area contributed by atoms with Gasteiger partial charge in [0.25, 0.3) is 0 Å². The predicted octanol–water partition coefficient (Wildman–Crippen LogP) is 1.98. The van der Waals surface area contributed by atoms with E-state index in [1.54, 1.807) is 11.8 Å². The number of ether oxygens (including phenoxy) is 1. The molecule has 0 saturated carbocycles. The first-order valence-electron chi connectivity index (χ1n) is 7.42. The average molecular weight is 288 g/mol. The summed E-state index contributed by atoms with van der Waals surface area (Å²) in [5.74, 6) is 0.904. The lowest BCUT2D eigenvalue weighted by Gasteiger charge is -2.16. The summed E-state index contributed by atoms with van der Waals surface area (Å²) in [5, 5.41) is 11.7. The van der Waals surface area contributed by atoms with Crippen LogP contribution in [0.3, 0.4) is 0 Å². The van der Waals surface area contributed by atoms with Crippen LogP contribution in [-0.4, -0.2) is 34.7 Å². The highest BCUT2D eigenvalue weighted by Crippen LogP contribution is 2.14. The van der Waals surface area contributed by atoms with Crippen LogP contribution in [0.5, 0.6) is 5.75 Å². The second-order valence-electron chi connectivity index (χ2n) is 5.23. The third-order valence-corrected chi connectivity index (χ3v) is 3.54. The summed E-state index contributed by atoms with van der Waals surface area (Å²) < 4.78 is 6.94. The Morgan fingerprint density at radius 3 is 2.62 bits per heavy atom. The highest BCUT2D eigenvalue weighted by molar-refractivity contribution is 5.27. The summed E-state index contributed by atoms with van der Waals surface area (Å²) in [7, 11) is 3.59. The number of hydrogen-bond donors (Lipinski definition) is 1. The Bertz CT molecular complexity index is 535. The van der Waals surface area contributed by atoms with Gasteiger partial charge in [0.15, 0.2) is 0 Å². The number of nitrogens with one attached hydrogen (secondary N) is 1. The fourth-order valence-corrected chi connectivity index (χ4v) is 2.44. The number of aryl methyl sites for hydroxylation is 2. The lowest BCUT2D eigenvalue weighted by Crippen LogP contribution is -2.31. The standard InChI is InChI=1S/C16H24N4O/c1-4-17-14(11-15-12-20(2)19-18-15)8-5-13-6-9-16(21-3)10-7-13/h6-7,9-10,12,14,17H,4-5,8,11H2,1-3H3. The molecule has 0 aliphatic carbocycles. The summed E-state index contributed by atoms with van der Waals surface area (Å²) in [5.41, 5.74) is 2.37. The molecule has 0 radical (unpaired) electrons. The first-order chi connectivity index (χ1) is 10.2. The van der Waals surface area contributed by atoms with Gasteiger partial charge < -0.3 is 10.1 Å². The van der Waals surface area contributed by atoms with Crippen LogP contribution in [0.1, 0.15) is 24.6 Å². The quantitative estimate of drug-likeness (QED) is 0.807. The van der Waals surface area contributed by atoms with Crippen LogP contribution < -0.4 is 10.1 Å². The lowest BCUT2D eigenvalue weighted by atomic mass is 10.0. The number of nitrogens with zero attached hydrogens (tertiary/aromatic N) is 3. The molecule has 1 heterocycles. The van der Waals surface area contributed by atoms with Gasteiger partial charge in [0, 0.05) is 25.7 Å². The van der Waals surface area contributed by atoms with E-state index < -0.39 is 0 Å². The average Bonchev–Trinajstić information content (AvgIpc) is 2.91. The number of hydrogen-bond acceptors (Lipinski definition) is 4. The predicted molar refractivity (Wildman–Crippen MR) is 83.5 cm³/mol. The Balaban J connectivity index is 1.89. The molecule has 21 heavy (non-hydrogen) atoms. The molecule has 0 aliphatic heterocycles. The van der Waals surface area contributed by atoms with Crippen LogP contribution >= 0.6 is 0 Å². The van der Waals surface area contributed by atoms with Crippen LogP contribution in [0.15, 0.2) is 30.5 Å². The summed E-state index contributed by atoms with van der Waals surface area (Å²) in [6.07, 6.45) is 5.02. The largest absolute Gasteiger partial charge is 0.497 e. The van der Waals surface area contributed by atoms with E-state index in [0.29, 0.717) is 6.04 Å². The van der Waals surface area contributed by atoms with Crippen LogP contribution in [0.2, 0.25) is 0 Å². The minimum absolute atomic E-state index is 0.425. The number of benzene rings is 1. The highest BCUT2D eigenvalue weighted by Gasteiger charge is 2.11. The monoisotopic (exact) mass is 288 g/mol. The van der Waals surface area contributed by atoms with E-state index >= 15 is 0 Å². The molecule has 0 amide bonds. The summed E-state index contributed by atoms with van der Waals surface area (Å²) >= 11 is 0.